The van der Waals surface area contributed by atoms with Crippen molar-refractivity contribution in [3.05, 3.63) is 56.9 Å². The van der Waals surface area contributed by atoms with E-state index in [2.05, 4.69) is 24.2 Å². The monoisotopic (exact) mass is 516 g/mol. The van der Waals surface area contributed by atoms with Gasteiger partial charge in [0.25, 0.3) is 5.91 Å². The average molecular weight is 517 g/mol. The summed E-state index contributed by atoms with van der Waals surface area (Å²) in [6.07, 6.45) is 8.60. The van der Waals surface area contributed by atoms with Crippen LogP contribution in [0.4, 0.5) is 0 Å². The first-order valence-corrected chi connectivity index (χ1v) is 14.4. The summed E-state index contributed by atoms with van der Waals surface area (Å²) < 4.78 is 0. The molecule has 0 heterocycles. The van der Waals surface area contributed by atoms with Crippen LogP contribution in [0, 0.1) is 11.8 Å². The molecule has 1 aromatic carbocycles. The average Bonchev–Trinajstić information content (AvgIpc) is 2.74. The van der Waals surface area contributed by atoms with Gasteiger partial charge in [0.05, 0.1) is 11.6 Å². The van der Waals surface area contributed by atoms with Crippen LogP contribution in [0.3, 0.4) is 0 Å². The van der Waals surface area contributed by atoms with Crippen molar-refractivity contribution < 1.29 is 34.8 Å². The van der Waals surface area contributed by atoms with Gasteiger partial charge in [-0.15, -0.1) is 0 Å². The summed E-state index contributed by atoms with van der Waals surface area (Å²) in [5.74, 6) is -6.51. The smallest absolute Gasteiger partial charge is 0.255 e. The fourth-order valence-corrected chi connectivity index (χ4v) is 6.26. The Balaban J connectivity index is 1.93. The molecule has 0 bridgehead atoms. The third-order valence-electron chi connectivity index (χ3n) is 7.30. The van der Waals surface area contributed by atoms with Gasteiger partial charge in [0, 0.05) is 11.5 Å². The van der Waals surface area contributed by atoms with Crippen molar-refractivity contribution in [1.82, 2.24) is 4.90 Å². The number of carbonyl (C=O) groups is 3. The van der Waals surface area contributed by atoms with Gasteiger partial charge in [-0.25, -0.2) is 10.0 Å². The Morgan fingerprint density at radius 3 is 2.36 bits per heavy atom. The van der Waals surface area contributed by atoms with Crippen molar-refractivity contribution in [3.63, 3.8) is 0 Å². The van der Waals surface area contributed by atoms with E-state index in [1.165, 1.54) is 11.0 Å². The normalized spacial score (nSPS) is 28.9. The van der Waals surface area contributed by atoms with Crippen LogP contribution in [0.2, 0.25) is 0 Å². The molecule has 0 unspecified atom stereocenters. The summed E-state index contributed by atoms with van der Waals surface area (Å²) in [6.45, 7) is 0. The Bertz CT molecular complexity index is 1290. The lowest BCUT2D eigenvalue weighted by molar-refractivity contribution is -0.148. The molecule has 0 saturated carbocycles. The van der Waals surface area contributed by atoms with Gasteiger partial charge in [0.1, 0.15) is 22.8 Å². The molecular formula is C26H32N2O7S. The number of benzene rings is 1. The van der Waals surface area contributed by atoms with E-state index in [0.717, 1.165) is 5.56 Å². The van der Waals surface area contributed by atoms with Crippen molar-refractivity contribution in [2.24, 2.45) is 17.6 Å². The number of aromatic hydroxyl groups is 1. The van der Waals surface area contributed by atoms with Gasteiger partial charge in [0.15, 0.2) is 11.4 Å². The largest absolute Gasteiger partial charge is 0.510 e. The molecule has 194 valence electrons. The zero-order valence-electron chi connectivity index (χ0n) is 20.9. The molecule has 0 spiro atoms. The number of primary amides is 1. The van der Waals surface area contributed by atoms with Gasteiger partial charge < -0.3 is 26.2 Å². The van der Waals surface area contributed by atoms with Crippen LogP contribution in [-0.4, -0.2) is 87.3 Å². The molecule has 0 fully saturated rings. The van der Waals surface area contributed by atoms with Crippen molar-refractivity contribution in [3.8, 4) is 5.75 Å². The molecule has 1 amide bonds. The minimum atomic E-state index is -2.63. The summed E-state index contributed by atoms with van der Waals surface area (Å²) in [4.78, 5) is 40.5. The summed E-state index contributed by atoms with van der Waals surface area (Å²) >= 11 is 0. The second kappa shape index (κ2) is 8.50. The van der Waals surface area contributed by atoms with Gasteiger partial charge in [-0.1, -0.05) is 6.07 Å². The summed E-state index contributed by atoms with van der Waals surface area (Å²) in [7, 11) is 2.21. The number of carbonyl (C=O) groups excluding carboxylic acids is 3. The number of fused-ring (bicyclic) bond motifs is 3. The number of Topliss-reactive ketones (excluding diaryl/α,β-unsaturated/α-hetero) is 2. The Hall–Kier alpha value is -3.08. The van der Waals surface area contributed by atoms with Gasteiger partial charge in [-0.3, -0.25) is 19.3 Å². The van der Waals surface area contributed by atoms with E-state index in [-0.39, 0.29) is 29.7 Å². The van der Waals surface area contributed by atoms with Gasteiger partial charge in [-0.2, -0.15) is 0 Å². The Morgan fingerprint density at radius 2 is 1.81 bits per heavy atom. The standard InChI is InChI=1S/C26H32N2O7S/c1-28(2)20-15-11-13-10-14-12(8-9-36(3,4)5)6-7-16(29)18(14)21(30)17(13)23(32)26(15,35)24(33)19(22(20)31)25(27)34/h6-9,13,15,20,29,31-32,35H,10-11H2,1-5H3,(H2,27,34)/b9-8+/t13-,15-,20-,26-/m0/s1. The second-order valence-electron chi connectivity index (χ2n) is 10.7. The highest BCUT2D eigenvalue weighted by Gasteiger charge is 2.63. The number of ketones is 2. The lowest BCUT2D eigenvalue weighted by Gasteiger charge is -2.50. The number of likely N-dealkylation sites (N-methyl/N-ethyl adjacent to an activating group) is 1. The van der Waals surface area contributed by atoms with Crippen LogP contribution in [0.15, 0.2) is 40.2 Å². The SMILES string of the molecule is CN(C)[C@@H]1C(O)=C(C(N)=O)C(=O)[C@@]2(O)C(O)=C3C(=O)c4c(O)ccc(/C=C/S(C)(C)C)c4C[C@H]3C[C@@H]12. The van der Waals surface area contributed by atoms with Crippen molar-refractivity contribution in [2.45, 2.75) is 24.5 Å². The van der Waals surface area contributed by atoms with Crippen LogP contribution >= 0.6 is 10.0 Å². The van der Waals surface area contributed by atoms with Crippen molar-refractivity contribution in [2.75, 3.05) is 32.9 Å². The fourth-order valence-electron chi connectivity index (χ4n) is 5.71. The maximum absolute atomic E-state index is 13.7. The number of nitrogens with two attached hydrogens (primary N) is 1. The van der Waals surface area contributed by atoms with Crippen LogP contribution in [-0.2, 0) is 16.0 Å². The molecule has 10 heteroatoms. The fraction of sp³-hybridized carbons (Fsp3) is 0.423. The number of nitrogens with zero attached hydrogens (tertiary/aromatic N) is 1. The topological polar surface area (TPSA) is 161 Å². The molecule has 0 aromatic heterocycles. The predicted octanol–water partition coefficient (Wildman–Crippen LogP) is 1.79. The van der Waals surface area contributed by atoms with E-state index < -0.39 is 68.1 Å². The van der Waals surface area contributed by atoms with Crippen molar-refractivity contribution >= 4 is 33.6 Å². The van der Waals surface area contributed by atoms with Crippen LogP contribution in [0.25, 0.3) is 6.08 Å². The number of allylic oxidation sites excluding steroid dienone is 1. The zero-order chi connectivity index (χ0) is 26.9. The number of hydrogen-bond donors (Lipinski definition) is 5. The lowest BCUT2D eigenvalue weighted by atomic mass is 9.58. The van der Waals surface area contributed by atoms with E-state index in [4.69, 9.17) is 5.73 Å². The highest BCUT2D eigenvalue weighted by Crippen LogP contribution is 2.52. The molecule has 36 heavy (non-hydrogen) atoms. The molecule has 0 aliphatic heterocycles. The number of aliphatic hydroxyl groups is 3. The third kappa shape index (κ3) is 3.75. The Morgan fingerprint density at radius 1 is 1.17 bits per heavy atom. The first-order valence-electron chi connectivity index (χ1n) is 11.5. The van der Waals surface area contributed by atoms with Crippen LogP contribution < -0.4 is 5.73 Å². The number of phenolic OH excluding ortho intramolecular Hbond substituents is 1. The van der Waals surface area contributed by atoms with E-state index in [0.29, 0.717) is 5.56 Å². The van der Waals surface area contributed by atoms with Gasteiger partial charge in [0.2, 0.25) is 5.78 Å². The zero-order valence-corrected chi connectivity index (χ0v) is 21.7. The minimum absolute atomic E-state index is 0.0156. The maximum Gasteiger partial charge on any atom is 0.255 e. The molecule has 9 nitrogen and oxygen atoms in total. The van der Waals surface area contributed by atoms with Crippen molar-refractivity contribution in [1.29, 1.82) is 0 Å². The first-order chi connectivity index (χ1) is 16.6. The Kier molecular flexibility index (Phi) is 6.14. The number of aliphatic hydroxyl groups excluding tert-OH is 2. The van der Waals surface area contributed by atoms with Crippen LogP contribution in [0.5, 0.6) is 5.75 Å². The summed E-state index contributed by atoms with van der Waals surface area (Å²) in [5, 5.41) is 46.4. The van der Waals surface area contributed by atoms with Gasteiger partial charge >= 0.3 is 0 Å². The van der Waals surface area contributed by atoms with E-state index >= 15 is 0 Å². The van der Waals surface area contributed by atoms with Gasteiger partial charge in [-0.05, 0) is 80.3 Å². The third-order valence-corrected chi connectivity index (χ3v) is 8.25. The quantitative estimate of drug-likeness (QED) is 0.378. The number of amides is 1. The number of phenols is 1. The molecule has 3 aliphatic carbocycles. The molecule has 3 aliphatic rings. The highest BCUT2D eigenvalue weighted by molar-refractivity contribution is 8.34. The highest BCUT2D eigenvalue weighted by atomic mass is 32.3. The molecule has 0 radical (unpaired) electrons. The number of hydrogen-bond acceptors (Lipinski definition) is 8. The molecule has 4 atom stereocenters. The number of rotatable bonds is 4. The van der Waals surface area contributed by atoms with E-state index in [1.54, 1.807) is 20.2 Å². The Labute approximate surface area is 210 Å². The van der Waals surface area contributed by atoms with Crippen LogP contribution in [0.1, 0.15) is 27.9 Å². The molecule has 4 rings (SSSR count). The maximum atomic E-state index is 13.7. The minimum Gasteiger partial charge on any atom is -0.510 e. The second-order valence-corrected chi connectivity index (χ2v) is 14.9. The van der Waals surface area contributed by atoms with E-state index in [9.17, 15) is 34.8 Å². The lowest BCUT2D eigenvalue weighted by Crippen LogP contribution is -2.63. The van der Waals surface area contributed by atoms with E-state index in [1.807, 2.05) is 6.08 Å². The molecular weight excluding hydrogens is 484 g/mol. The molecule has 0 saturated heterocycles. The summed E-state index contributed by atoms with van der Waals surface area (Å²) in [6, 6.07) is 2.13. The molecule has 6 N–H and O–H groups in total. The molecule has 1 aromatic rings. The predicted molar refractivity (Wildman–Crippen MR) is 138 cm³/mol. The first kappa shape index (κ1) is 26.0. The summed E-state index contributed by atoms with van der Waals surface area (Å²) in [5.41, 5.74) is 3.14.